The van der Waals surface area contributed by atoms with Crippen molar-refractivity contribution in [2.75, 3.05) is 26.5 Å². The van der Waals surface area contributed by atoms with Crippen LogP contribution in [0.5, 0.6) is 5.75 Å². The highest BCUT2D eigenvalue weighted by atomic mass is 35.5. The molecule has 1 N–H and O–H groups in total. The number of ether oxygens (including phenoxy) is 1. The van der Waals surface area contributed by atoms with Gasteiger partial charge in [-0.25, -0.2) is 12.7 Å². The smallest absolute Gasteiger partial charge is 0.248 e. The fourth-order valence-electron chi connectivity index (χ4n) is 2.71. The Morgan fingerprint density at radius 3 is 2.60 bits per heavy atom. The summed E-state index contributed by atoms with van der Waals surface area (Å²) in [4.78, 5) is 12.5. The summed E-state index contributed by atoms with van der Waals surface area (Å²) in [5.41, 5.74) is 1.61. The Bertz CT molecular complexity index is 1060. The molecule has 8 nitrogen and oxygen atoms in total. The average Bonchev–Trinajstić information content (AvgIpc) is 2.92. The molecule has 1 aromatic heterocycles. The van der Waals surface area contributed by atoms with Crippen molar-refractivity contribution in [3.63, 3.8) is 0 Å². The Kier molecular flexibility index (Phi) is 7.68. The number of halogens is 1. The summed E-state index contributed by atoms with van der Waals surface area (Å²) in [6, 6.07) is 4.28. The second-order valence-corrected chi connectivity index (χ2v) is 9.85. The van der Waals surface area contributed by atoms with Crippen LogP contribution >= 0.6 is 11.6 Å². The number of aryl methyl sites for hydroxylation is 1. The van der Waals surface area contributed by atoms with E-state index in [1.54, 1.807) is 10.8 Å². The molecule has 0 fully saturated rings. The molecular formula is C20H27ClN4O4S. The van der Waals surface area contributed by atoms with Crippen LogP contribution in [0.15, 0.2) is 29.2 Å². The SMILES string of the molecule is COc1ccc(S(=O)(=O)N(C)C)cc1NC(=O)/C=C/c1c(C)nn(CC(C)C)c1Cl. The van der Waals surface area contributed by atoms with Gasteiger partial charge in [0.05, 0.1) is 23.4 Å². The first kappa shape index (κ1) is 23.9. The Hall–Kier alpha value is -2.36. The lowest BCUT2D eigenvalue weighted by molar-refractivity contribution is -0.111. The van der Waals surface area contributed by atoms with Gasteiger partial charge in [0.15, 0.2) is 0 Å². The van der Waals surface area contributed by atoms with Crippen molar-refractivity contribution < 1.29 is 17.9 Å². The van der Waals surface area contributed by atoms with Crippen molar-refractivity contribution in [3.8, 4) is 5.75 Å². The maximum Gasteiger partial charge on any atom is 0.248 e. The number of anilines is 1. The predicted molar refractivity (Wildman–Crippen MR) is 118 cm³/mol. The predicted octanol–water partition coefficient (Wildman–Crippen LogP) is 3.41. The molecule has 0 saturated heterocycles. The third-order valence-electron chi connectivity index (χ3n) is 4.26. The number of amides is 1. The highest BCUT2D eigenvalue weighted by Crippen LogP contribution is 2.29. The number of sulfonamides is 1. The normalized spacial score (nSPS) is 12.2. The van der Waals surface area contributed by atoms with E-state index in [0.717, 1.165) is 4.31 Å². The van der Waals surface area contributed by atoms with Crippen LogP contribution in [0, 0.1) is 12.8 Å². The molecule has 164 valence electrons. The highest BCUT2D eigenvalue weighted by Gasteiger charge is 2.19. The maximum atomic E-state index is 12.5. The summed E-state index contributed by atoms with van der Waals surface area (Å²) < 4.78 is 32.8. The number of nitrogens with one attached hydrogen (secondary N) is 1. The number of hydrogen-bond donors (Lipinski definition) is 1. The summed E-state index contributed by atoms with van der Waals surface area (Å²) in [7, 11) is 0.657. The van der Waals surface area contributed by atoms with Crippen LogP contribution in [0.1, 0.15) is 25.1 Å². The van der Waals surface area contributed by atoms with Gasteiger partial charge < -0.3 is 10.1 Å². The molecule has 0 unspecified atom stereocenters. The van der Waals surface area contributed by atoms with E-state index in [2.05, 4.69) is 24.3 Å². The van der Waals surface area contributed by atoms with Crippen molar-refractivity contribution >= 4 is 39.3 Å². The van der Waals surface area contributed by atoms with E-state index in [4.69, 9.17) is 16.3 Å². The van der Waals surface area contributed by atoms with Crippen LogP contribution in [-0.4, -0.2) is 49.6 Å². The largest absolute Gasteiger partial charge is 0.495 e. The summed E-state index contributed by atoms with van der Waals surface area (Å²) in [6.07, 6.45) is 2.91. The van der Waals surface area contributed by atoms with Gasteiger partial charge in [0.2, 0.25) is 15.9 Å². The van der Waals surface area contributed by atoms with Crippen molar-refractivity contribution in [1.82, 2.24) is 14.1 Å². The molecule has 0 radical (unpaired) electrons. The van der Waals surface area contributed by atoms with Crippen LogP contribution < -0.4 is 10.1 Å². The van der Waals surface area contributed by atoms with Gasteiger partial charge in [-0.3, -0.25) is 9.48 Å². The molecule has 0 aliphatic rings. The minimum atomic E-state index is -3.65. The molecule has 2 rings (SSSR count). The summed E-state index contributed by atoms with van der Waals surface area (Å²) in [5, 5.41) is 7.52. The standard InChI is InChI=1S/C20H27ClN4O4S/c1-13(2)12-25-20(21)16(14(3)23-25)8-10-19(26)22-17-11-15(7-9-18(17)29-6)30(27,28)24(4)5/h7-11,13H,12H2,1-6H3,(H,22,26)/b10-8+. The minimum Gasteiger partial charge on any atom is -0.495 e. The van der Waals surface area contributed by atoms with Gasteiger partial charge in [0.1, 0.15) is 10.9 Å². The Morgan fingerprint density at radius 1 is 1.37 bits per heavy atom. The highest BCUT2D eigenvalue weighted by molar-refractivity contribution is 7.89. The Morgan fingerprint density at radius 2 is 2.03 bits per heavy atom. The van der Waals surface area contributed by atoms with E-state index in [-0.39, 0.29) is 10.6 Å². The van der Waals surface area contributed by atoms with Crippen molar-refractivity contribution in [2.45, 2.75) is 32.2 Å². The first-order valence-electron chi connectivity index (χ1n) is 9.30. The molecule has 0 aliphatic heterocycles. The zero-order chi connectivity index (χ0) is 22.6. The quantitative estimate of drug-likeness (QED) is 0.617. The van der Waals surface area contributed by atoms with Crippen LogP contribution in [0.4, 0.5) is 5.69 Å². The van der Waals surface area contributed by atoms with Gasteiger partial charge >= 0.3 is 0 Å². The number of methoxy groups -OCH3 is 1. The van der Waals surface area contributed by atoms with Gasteiger partial charge in [-0.1, -0.05) is 25.4 Å². The summed E-state index contributed by atoms with van der Waals surface area (Å²) >= 11 is 6.39. The van der Waals surface area contributed by atoms with Crippen LogP contribution in [0.3, 0.4) is 0 Å². The molecule has 2 aromatic rings. The van der Waals surface area contributed by atoms with E-state index in [1.165, 1.54) is 45.5 Å². The van der Waals surface area contributed by atoms with Crippen molar-refractivity contribution in [1.29, 1.82) is 0 Å². The van der Waals surface area contributed by atoms with Gasteiger partial charge in [-0.05, 0) is 37.1 Å². The zero-order valence-corrected chi connectivity index (χ0v) is 19.5. The van der Waals surface area contributed by atoms with E-state index in [0.29, 0.717) is 34.6 Å². The number of hydrogen-bond acceptors (Lipinski definition) is 5. The minimum absolute atomic E-state index is 0.0430. The topological polar surface area (TPSA) is 93.5 Å². The van der Waals surface area contributed by atoms with Gasteiger partial charge in [0, 0.05) is 32.3 Å². The lowest BCUT2D eigenvalue weighted by Gasteiger charge is -2.14. The van der Waals surface area contributed by atoms with Crippen LogP contribution in [-0.2, 0) is 21.4 Å². The first-order valence-corrected chi connectivity index (χ1v) is 11.1. The number of nitrogens with zero attached hydrogens (tertiary/aromatic N) is 3. The van der Waals surface area contributed by atoms with Gasteiger partial charge in [-0.2, -0.15) is 5.10 Å². The summed E-state index contributed by atoms with van der Waals surface area (Å²) in [5.74, 6) is 0.258. The lowest BCUT2D eigenvalue weighted by atomic mass is 10.2. The summed E-state index contributed by atoms with van der Waals surface area (Å²) in [6.45, 7) is 6.62. The molecule has 1 aromatic carbocycles. The van der Waals surface area contributed by atoms with E-state index in [1.807, 2.05) is 6.92 Å². The monoisotopic (exact) mass is 454 g/mol. The number of carbonyl (C=O) groups is 1. The third-order valence-corrected chi connectivity index (χ3v) is 6.47. The lowest BCUT2D eigenvalue weighted by Crippen LogP contribution is -2.22. The Balaban J connectivity index is 2.27. The van der Waals surface area contributed by atoms with Crippen LogP contribution in [0.25, 0.3) is 6.08 Å². The molecule has 30 heavy (non-hydrogen) atoms. The van der Waals surface area contributed by atoms with E-state index < -0.39 is 15.9 Å². The molecular weight excluding hydrogens is 428 g/mol. The molecule has 0 atom stereocenters. The second-order valence-electron chi connectivity index (χ2n) is 7.34. The van der Waals surface area contributed by atoms with E-state index in [9.17, 15) is 13.2 Å². The molecule has 10 heteroatoms. The second kappa shape index (κ2) is 9.63. The van der Waals surface area contributed by atoms with Gasteiger partial charge in [0.25, 0.3) is 0 Å². The maximum absolute atomic E-state index is 12.5. The number of rotatable bonds is 8. The first-order chi connectivity index (χ1) is 14.0. The number of aromatic nitrogens is 2. The molecule has 0 aliphatic carbocycles. The molecule has 0 saturated carbocycles. The third kappa shape index (κ3) is 5.41. The molecule has 0 bridgehead atoms. The number of benzene rings is 1. The zero-order valence-electron chi connectivity index (χ0n) is 17.9. The molecule has 0 spiro atoms. The molecule has 1 amide bonds. The fraction of sp³-hybridized carbons (Fsp3) is 0.400. The average molecular weight is 455 g/mol. The van der Waals surface area contributed by atoms with Crippen molar-refractivity contribution in [2.24, 2.45) is 5.92 Å². The number of carbonyl (C=O) groups excluding carboxylic acids is 1. The fourth-order valence-corrected chi connectivity index (χ4v) is 3.95. The molecule has 1 heterocycles. The van der Waals surface area contributed by atoms with Crippen molar-refractivity contribution in [3.05, 3.63) is 40.7 Å². The van der Waals surface area contributed by atoms with Crippen LogP contribution in [0.2, 0.25) is 5.15 Å². The van der Waals surface area contributed by atoms with E-state index >= 15 is 0 Å². The van der Waals surface area contributed by atoms with Gasteiger partial charge in [-0.15, -0.1) is 0 Å². The Labute approximate surface area is 182 Å².